The molecule has 0 aliphatic rings. The number of hydrogen-bond donors (Lipinski definition) is 2. The number of aryl methyl sites for hydroxylation is 1. The Morgan fingerprint density at radius 2 is 2.16 bits per heavy atom. The molecule has 1 aromatic heterocycles. The molecular formula is C14H17N3O2. The Kier molecular flexibility index (Phi) is 4.18. The Hall–Kier alpha value is -2.30. The van der Waals surface area contributed by atoms with Gasteiger partial charge in [-0.1, -0.05) is 19.1 Å². The number of para-hydroxylation sites is 1. The first-order valence-electron chi connectivity index (χ1n) is 6.27. The van der Waals surface area contributed by atoms with Gasteiger partial charge in [0.25, 0.3) is 5.91 Å². The van der Waals surface area contributed by atoms with Crippen LogP contribution in [0.3, 0.4) is 0 Å². The maximum Gasteiger partial charge on any atom is 0.301 e. The Morgan fingerprint density at radius 1 is 1.37 bits per heavy atom. The smallest absolute Gasteiger partial charge is 0.301 e. The van der Waals surface area contributed by atoms with Gasteiger partial charge >= 0.3 is 6.01 Å². The monoisotopic (exact) mass is 259 g/mol. The van der Waals surface area contributed by atoms with Crippen LogP contribution in [0.2, 0.25) is 0 Å². The minimum Gasteiger partial charge on any atom is -0.432 e. The van der Waals surface area contributed by atoms with Crippen molar-refractivity contribution in [3.8, 4) is 0 Å². The molecule has 0 atom stereocenters. The van der Waals surface area contributed by atoms with Gasteiger partial charge < -0.3 is 9.73 Å². The summed E-state index contributed by atoms with van der Waals surface area (Å²) in [5.41, 5.74) is 2.12. The lowest BCUT2D eigenvalue weighted by Crippen LogP contribution is -2.15. The van der Waals surface area contributed by atoms with E-state index in [0.29, 0.717) is 5.56 Å². The maximum atomic E-state index is 12.2. The second-order valence-electron chi connectivity index (χ2n) is 4.22. The topological polar surface area (TPSA) is 67.2 Å². The number of carbonyl (C=O) groups is 1. The molecule has 2 N–H and O–H groups in total. The van der Waals surface area contributed by atoms with Gasteiger partial charge in [0.05, 0.1) is 11.3 Å². The lowest BCUT2D eigenvalue weighted by molar-refractivity contribution is 0.102. The quantitative estimate of drug-likeness (QED) is 0.866. The van der Waals surface area contributed by atoms with E-state index >= 15 is 0 Å². The average molecular weight is 259 g/mol. The van der Waals surface area contributed by atoms with Crippen molar-refractivity contribution in [2.75, 3.05) is 17.2 Å². The van der Waals surface area contributed by atoms with Gasteiger partial charge in [0, 0.05) is 12.2 Å². The molecule has 0 radical (unpaired) electrons. The number of aromatic nitrogens is 1. The summed E-state index contributed by atoms with van der Waals surface area (Å²) in [6.45, 7) is 4.70. The highest BCUT2D eigenvalue weighted by Crippen LogP contribution is 2.17. The fourth-order valence-corrected chi connectivity index (χ4v) is 1.67. The first kappa shape index (κ1) is 13.1. The zero-order valence-corrected chi connectivity index (χ0v) is 11.1. The van der Waals surface area contributed by atoms with Crippen LogP contribution in [-0.4, -0.2) is 17.4 Å². The molecule has 19 heavy (non-hydrogen) atoms. The highest BCUT2D eigenvalue weighted by Gasteiger charge is 2.13. The first-order valence-corrected chi connectivity index (χ1v) is 6.27. The Balaban J connectivity index is 2.14. The summed E-state index contributed by atoms with van der Waals surface area (Å²) in [5, 5.41) is 5.86. The van der Waals surface area contributed by atoms with E-state index in [1.54, 1.807) is 13.0 Å². The second kappa shape index (κ2) is 6.04. The predicted octanol–water partition coefficient (Wildman–Crippen LogP) is 3.06. The van der Waals surface area contributed by atoms with E-state index in [-0.39, 0.29) is 11.9 Å². The SMILES string of the molecule is CCCNc1ccccc1C(=O)Nc1nc(C)co1. The molecule has 1 heterocycles. The Morgan fingerprint density at radius 3 is 2.84 bits per heavy atom. The van der Waals surface area contributed by atoms with Crippen LogP contribution in [0.25, 0.3) is 0 Å². The standard InChI is InChI=1S/C14H17N3O2/c1-3-8-15-12-7-5-4-6-11(12)13(18)17-14-16-10(2)9-19-14/h4-7,9,15H,3,8H2,1-2H3,(H,16,17,18). The van der Waals surface area contributed by atoms with Crippen LogP contribution in [-0.2, 0) is 0 Å². The molecule has 0 fully saturated rings. The third kappa shape index (κ3) is 3.34. The van der Waals surface area contributed by atoms with Crippen molar-refractivity contribution >= 4 is 17.6 Å². The number of anilines is 2. The minimum absolute atomic E-state index is 0.216. The van der Waals surface area contributed by atoms with E-state index < -0.39 is 0 Å². The highest BCUT2D eigenvalue weighted by atomic mass is 16.4. The van der Waals surface area contributed by atoms with Crippen LogP contribution < -0.4 is 10.6 Å². The second-order valence-corrected chi connectivity index (χ2v) is 4.22. The average Bonchev–Trinajstić information content (AvgIpc) is 2.82. The van der Waals surface area contributed by atoms with Gasteiger partial charge in [0.15, 0.2) is 0 Å². The van der Waals surface area contributed by atoms with Crippen molar-refractivity contribution in [3.05, 3.63) is 41.8 Å². The fourth-order valence-electron chi connectivity index (χ4n) is 1.67. The Labute approximate surface area is 112 Å². The third-order valence-electron chi connectivity index (χ3n) is 2.58. The van der Waals surface area contributed by atoms with Gasteiger partial charge in [-0.05, 0) is 25.5 Å². The van der Waals surface area contributed by atoms with Crippen LogP contribution >= 0.6 is 0 Å². The fraction of sp³-hybridized carbons (Fsp3) is 0.286. The van der Waals surface area contributed by atoms with E-state index in [1.807, 2.05) is 18.2 Å². The summed E-state index contributed by atoms with van der Waals surface area (Å²) in [6, 6.07) is 7.58. The molecule has 0 aliphatic carbocycles. The molecule has 0 saturated carbocycles. The number of carbonyl (C=O) groups excluding carboxylic acids is 1. The lowest BCUT2D eigenvalue weighted by atomic mass is 10.1. The van der Waals surface area contributed by atoms with Crippen molar-refractivity contribution in [2.45, 2.75) is 20.3 Å². The van der Waals surface area contributed by atoms with Crippen molar-refractivity contribution < 1.29 is 9.21 Å². The summed E-state index contributed by atoms with van der Waals surface area (Å²) >= 11 is 0. The molecule has 1 aromatic carbocycles. The molecule has 0 aliphatic heterocycles. The molecule has 0 saturated heterocycles. The van der Waals surface area contributed by atoms with Gasteiger partial charge in [-0.3, -0.25) is 10.1 Å². The van der Waals surface area contributed by atoms with Crippen molar-refractivity contribution in [1.82, 2.24) is 4.98 Å². The molecule has 5 heteroatoms. The van der Waals surface area contributed by atoms with E-state index in [1.165, 1.54) is 6.26 Å². The molecule has 0 unspecified atom stereocenters. The highest BCUT2D eigenvalue weighted by molar-refractivity contribution is 6.07. The van der Waals surface area contributed by atoms with Gasteiger partial charge in [0.2, 0.25) is 0 Å². The van der Waals surface area contributed by atoms with Crippen molar-refractivity contribution in [3.63, 3.8) is 0 Å². The third-order valence-corrected chi connectivity index (χ3v) is 2.58. The number of amides is 1. The maximum absolute atomic E-state index is 12.2. The number of nitrogens with one attached hydrogen (secondary N) is 2. The van der Waals surface area contributed by atoms with Crippen LogP contribution in [0.1, 0.15) is 29.4 Å². The number of rotatable bonds is 5. The van der Waals surface area contributed by atoms with Gasteiger partial charge in [0.1, 0.15) is 6.26 Å². The number of benzene rings is 1. The molecule has 2 rings (SSSR count). The summed E-state index contributed by atoms with van der Waals surface area (Å²) in [7, 11) is 0. The van der Waals surface area contributed by atoms with E-state index in [2.05, 4.69) is 22.5 Å². The summed E-state index contributed by atoms with van der Waals surface area (Å²) in [4.78, 5) is 16.2. The van der Waals surface area contributed by atoms with Crippen LogP contribution in [0.5, 0.6) is 0 Å². The van der Waals surface area contributed by atoms with Crippen LogP contribution in [0.15, 0.2) is 34.9 Å². The van der Waals surface area contributed by atoms with Crippen LogP contribution in [0, 0.1) is 6.92 Å². The van der Waals surface area contributed by atoms with Gasteiger partial charge in [-0.15, -0.1) is 0 Å². The van der Waals surface area contributed by atoms with Crippen molar-refractivity contribution in [1.29, 1.82) is 0 Å². The van der Waals surface area contributed by atoms with Crippen molar-refractivity contribution in [2.24, 2.45) is 0 Å². The molecule has 5 nitrogen and oxygen atoms in total. The molecular weight excluding hydrogens is 242 g/mol. The minimum atomic E-state index is -0.235. The molecule has 2 aromatic rings. The number of hydrogen-bond acceptors (Lipinski definition) is 4. The van der Waals surface area contributed by atoms with E-state index in [0.717, 1.165) is 24.3 Å². The normalized spacial score (nSPS) is 10.2. The summed E-state index contributed by atoms with van der Waals surface area (Å²) in [5.74, 6) is -0.235. The lowest BCUT2D eigenvalue weighted by Gasteiger charge is -2.10. The molecule has 0 spiro atoms. The van der Waals surface area contributed by atoms with E-state index in [4.69, 9.17) is 4.42 Å². The van der Waals surface area contributed by atoms with Crippen LogP contribution in [0.4, 0.5) is 11.7 Å². The Bertz CT molecular complexity index is 563. The molecule has 0 bridgehead atoms. The summed E-state index contributed by atoms with van der Waals surface area (Å²) < 4.78 is 5.11. The van der Waals surface area contributed by atoms with Gasteiger partial charge in [-0.2, -0.15) is 4.98 Å². The zero-order chi connectivity index (χ0) is 13.7. The largest absolute Gasteiger partial charge is 0.432 e. The zero-order valence-electron chi connectivity index (χ0n) is 11.1. The summed E-state index contributed by atoms with van der Waals surface area (Å²) in [6.07, 6.45) is 2.49. The number of nitrogens with zero attached hydrogens (tertiary/aromatic N) is 1. The molecule has 1 amide bonds. The predicted molar refractivity (Wildman–Crippen MR) is 74.4 cm³/mol. The number of oxazole rings is 1. The first-order chi connectivity index (χ1) is 9.20. The van der Waals surface area contributed by atoms with E-state index in [9.17, 15) is 4.79 Å². The van der Waals surface area contributed by atoms with Gasteiger partial charge in [-0.25, -0.2) is 0 Å². The molecule has 100 valence electrons.